The molecule has 1 aromatic heterocycles. The van der Waals surface area contributed by atoms with Crippen LogP contribution in [-0.4, -0.2) is 11.5 Å². The van der Waals surface area contributed by atoms with E-state index in [-0.39, 0.29) is 5.78 Å². The molecule has 0 aromatic carbocycles. The normalized spacial score (nSPS) is 17.2. The summed E-state index contributed by atoms with van der Waals surface area (Å²) < 4.78 is 5.40. The molecule has 0 fully saturated rings. The molecule has 0 saturated heterocycles. The Balaban J connectivity index is 2.44. The molecule has 0 unspecified atom stereocenters. The summed E-state index contributed by atoms with van der Waals surface area (Å²) in [4.78, 5) is 11.4. The predicted octanol–water partition coefficient (Wildman–Crippen LogP) is 2.66. The molecule has 1 aliphatic heterocycles. The highest BCUT2D eigenvalue weighted by Crippen LogP contribution is 2.31. The number of carbonyl (C=O) groups excluding carboxylic acids is 1. The zero-order valence-corrected chi connectivity index (χ0v) is 7.74. The minimum absolute atomic E-state index is 0.229. The van der Waals surface area contributed by atoms with Crippen molar-refractivity contribution >= 4 is 17.5 Å². The third-order valence-electron chi connectivity index (χ3n) is 1.90. The maximum atomic E-state index is 11.4. The van der Waals surface area contributed by atoms with Crippen LogP contribution in [0.2, 0.25) is 0 Å². The summed E-state index contributed by atoms with van der Waals surface area (Å²) in [6.45, 7) is 1.88. The van der Waals surface area contributed by atoms with Crippen molar-refractivity contribution in [2.75, 3.05) is 5.75 Å². The van der Waals surface area contributed by atoms with Crippen LogP contribution in [0.3, 0.4) is 0 Å². The van der Waals surface area contributed by atoms with Gasteiger partial charge >= 0.3 is 0 Å². The molecule has 0 aliphatic carbocycles. The first-order valence-electron chi connectivity index (χ1n) is 4.04. The molecule has 0 spiro atoms. The van der Waals surface area contributed by atoms with Gasteiger partial charge in [-0.25, -0.2) is 0 Å². The van der Waals surface area contributed by atoms with Gasteiger partial charge in [0.15, 0.2) is 10.9 Å². The molecule has 0 atom stereocenters. The lowest BCUT2D eigenvalue weighted by molar-refractivity contribution is 0.0978. The zero-order valence-electron chi connectivity index (χ0n) is 6.92. The molecule has 2 rings (SSSR count). The van der Waals surface area contributed by atoms with Crippen LogP contribution < -0.4 is 0 Å². The highest BCUT2D eigenvalue weighted by molar-refractivity contribution is 7.99. The summed E-state index contributed by atoms with van der Waals surface area (Å²) in [7, 11) is 0. The van der Waals surface area contributed by atoms with Crippen LogP contribution in [0.25, 0.3) is 0 Å². The van der Waals surface area contributed by atoms with Crippen molar-refractivity contribution in [2.45, 2.75) is 24.9 Å². The van der Waals surface area contributed by atoms with Gasteiger partial charge in [0.05, 0.1) is 5.56 Å². The van der Waals surface area contributed by atoms with Crippen molar-refractivity contribution in [3.63, 3.8) is 0 Å². The lowest BCUT2D eigenvalue weighted by atomic mass is 10.1. The SMILES string of the molecule is Cc1cc2c(o1)SCCCC2=O. The molecule has 1 aliphatic rings. The number of aryl methyl sites for hydroxylation is 1. The monoisotopic (exact) mass is 182 g/mol. The van der Waals surface area contributed by atoms with Crippen molar-refractivity contribution in [1.82, 2.24) is 0 Å². The molecule has 0 radical (unpaired) electrons. The Morgan fingerprint density at radius 3 is 3.25 bits per heavy atom. The minimum atomic E-state index is 0.229. The van der Waals surface area contributed by atoms with E-state index in [9.17, 15) is 4.79 Å². The second kappa shape index (κ2) is 2.98. The first kappa shape index (κ1) is 7.92. The summed E-state index contributed by atoms with van der Waals surface area (Å²) in [5.74, 6) is 2.06. The van der Waals surface area contributed by atoms with E-state index in [2.05, 4.69) is 0 Å². The Hall–Kier alpha value is -0.700. The van der Waals surface area contributed by atoms with Crippen LogP contribution in [0.15, 0.2) is 15.6 Å². The van der Waals surface area contributed by atoms with Crippen molar-refractivity contribution in [1.29, 1.82) is 0 Å². The van der Waals surface area contributed by atoms with Gasteiger partial charge in [-0.1, -0.05) is 11.8 Å². The summed E-state index contributed by atoms with van der Waals surface area (Å²) in [6.07, 6.45) is 1.63. The van der Waals surface area contributed by atoms with Crippen LogP contribution >= 0.6 is 11.8 Å². The van der Waals surface area contributed by atoms with Gasteiger partial charge in [0.25, 0.3) is 0 Å². The average Bonchev–Trinajstić information content (AvgIpc) is 2.33. The number of ketones is 1. The Morgan fingerprint density at radius 2 is 2.42 bits per heavy atom. The molecule has 12 heavy (non-hydrogen) atoms. The van der Waals surface area contributed by atoms with Crippen LogP contribution in [0.5, 0.6) is 0 Å². The maximum absolute atomic E-state index is 11.4. The van der Waals surface area contributed by atoms with Crippen molar-refractivity contribution in [2.24, 2.45) is 0 Å². The first-order valence-corrected chi connectivity index (χ1v) is 5.02. The maximum Gasteiger partial charge on any atom is 0.171 e. The highest BCUT2D eigenvalue weighted by atomic mass is 32.2. The summed E-state index contributed by atoms with van der Waals surface area (Å²) in [6, 6.07) is 1.84. The Labute approximate surface area is 75.3 Å². The lowest BCUT2D eigenvalue weighted by Gasteiger charge is -1.90. The highest BCUT2D eigenvalue weighted by Gasteiger charge is 2.19. The lowest BCUT2D eigenvalue weighted by Crippen LogP contribution is -1.95. The number of fused-ring (bicyclic) bond motifs is 1. The Kier molecular flexibility index (Phi) is 1.97. The van der Waals surface area contributed by atoms with Gasteiger partial charge in [0.1, 0.15) is 5.76 Å². The van der Waals surface area contributed by atoms with Crippen molar-refractivity contribution in [3.05, 3.63) is 17.4 Å². The van der Waals surface area contributed by atoms with Crippen LogP contribution in [0, 0.1) is 6.92 Å². The van der Waals surface area contributed by atoms with E-state index in [0.29, 0.717) is 6.42 Å². The number of rotatable bonds is 0. The topological polar surface area (TPSA) is 30.2 Å². The number of furan rings is 1. The van der Waals surface area contributed by atoms with Gasteiger partial charge in [0.2, 0.25) is 0 Å². The molecule has 0 N–H and O–H groups in total. The fourth-order valence-electron chi connectivity index (χ4n) is 1.33. The van der Waals surface area contributed by atoms with Crippen LogP contribution in [0.1, 0.15) is 29.0 Å². The van der Waals surface area contributed by atoms with Gasteiger partial charge in [0, 0.05) is 12.2 Å². The first-order chi connectivity index (χ1) is 5.77. The van der Waals surface area contributed by atoms with Crippen molar-refractivity contribution < 1.29 is 9.21 Å². The molecular weight excluding hydrogens is 172 g/mol. The summed E-state index contributed by atoms with van der Waals surface area (Å²) in [5, 5.41) is 0.815. The van der Waals surface area contributed by atoms with E-state index in [4.69, 9.17) is 4.42 Å². The molecule has 1 aromatic rings. The van der Waals surface area contributed by atoms with Gasteiger partial charge in [-0.05, 0) is 19.4 Å². The Bertz CT molecular complexity index is 314. The van der Waals surface area contributed by atoms with E-state index < -0.39 is 0 Å². The summed E-state index contributed by atoms with van der Waals surface area (Å²) in [5.41, 5.74) is 0.787. The quantitative estimate of drug-likeness (QED) is 0.618. The van der Waals surface area contributed by atoms with Gasteiger partial charge in [-0.3, -0.25) is 4.79 Å². The minimum Gasteiger partial charge on any atom is -0.454 e. The third kappa shape index (κ3) is 1.29. The second-order valence-electron chi connectivity index (χ2n) is 2.93. The molecule has 0 amide bonds. The average molecular weight is 182 g/mol. The number of hydrogen-bond acceptors (Lipinski definition) is 3. The fourth-order valence-corrected chi connectivity index (χ4v) is 2.32. The Morgan fingerprint density at radius 1 is 1.58 bits per heavy atom. The molecule has 0 saturated carbocycles. The number of Topliss-reactive ketones (excluding diaryl/α,β-unsaturated/α-hetero) is 1. The standard InChI is InChI=1S/C9H10O2S/c1-6-5-7-8(10)3-2-4-12-9(7)11-6/h5H,2-4H2,1H3. The van der Waals surface area contributed by atoms with Crippen molar-refractivity contribution in [3.8, 4) is 0 Å². The molecule has 3 heteroatoms. The number of thioether (sulfide) groups is 1. The molecule has 0 bridgehead atoms. The van der Waals surface area contributed by atoms with Gasteiger partial charge in [-0.2, -0.15) is 0 Å². The molecular formula is C9H10O2S. The van der Waals surface area contributed by atoms with Crippen LogP contribution in [0.4, 0.5) is 0 Å². The smallest absolute Gasteiger partial charge is 0.171 e. The predicted molar refractivity (Wildman–Crippen MR) is 47.7 cm³/mol. The van der Waals surface area contributed by atoms with E-state index >= 15 is 0 Å². The van der Waals surface area contributed by atoms with E-state index in [1.807, 2.05) is 13.0 Å². The summed E-state index contributed by atoms with van der Waals surface area (Å²) >= 11 is 1.65. The number of carbonyl (C=O) groups is 1. The second-order valence-corrected chi connectivity index (χ2v) is 4.00. The fraction of sp³-hybridized carbons (Fsp3) is 0.444. The van der Waals surface area contributed by atoms with Gasteiger partial charge in [-0.15, -0.1) is 0 Å². The largest absolute Gasteiger partial charge is 0.454 e. The van der Waals surface area contributed by atoms with E-state index in [0.717, 1.165) is 28.6 Å². The molecule has 64 valence electrons. The zero-order chi connectivity index (χ0) is 8.55. The number of hydrogen-bond donors (Lipinski definition) is 0. The van der Waals surface area contributed by atoms with Crippen LogP contribution in [-0.2, 0) is 0 Å². The third-order valence-corrected chi connectivity index (χ3v) is 2.96. The molecule has 2 heterocycles. The molecule has 2 nitrogen and oxygen atoms in total. The van der Waals surface area contributed by atoms with Gasteiger partial charge < -0.3 is 4.42 Å². The van der Waals surface area contributed by atoms with E-state index in [1.54, 1.807) is 11.8 Å². The van der Waals surface area contributed by atoms with E-state index in [1.165, 1.54) is 0 Å².